The molecule has 1 aromatic rings. The van der Waals surface area contributed by atoms with E-state index in [1.807, 2.05) is 0 Å². The van der Waals surface area contributed by atoms with Gasteiger partial charge in [-0.05, 0) is 30.5 Å². The number of carboxylic acids is 1. The Bertz CT molecular complexity index is 607. The first-order valence-corrected chi connectivity index (χ1v) is 8.11. The van der Waals surface area contributed by atoms with Crippen molar-refractivity contribution in [3.05, 3.63) is 35.4 Å². The van der Waals surface area contributed by atoms with Gasteiger partial charge in [-0.25, -0.2) is 0 Å². The number of benzene rings is 1. The molecule has 0 bridgehead atoms. The lowest BCUT2D eigenvalue weighted by Gasteiger charge is -2.27. The number of carbonyl (C=O) groups excluding carboxylic acids is 1. The van der Waals surface area contributed by atoms with E-state index in [1.165, 1.54) is 0 Å². The van der Waals surface area contributed by atoms with E-state index in [0.29, 0.717) is 18.4 Å². The van der Waals surface area contributed by atoms with Crippen LogP contribution in [0, 0.1) is 17.2 Å². The number of carboxylic acid groups (broad SMARTS) is 1. The van der Waals surface area contributed by atoms with E-state index in [4.69, 9.17) is 5.26 Å². The standard InChI is InChI=1S/C18H22N2O3/c19-11-10-13-6-5-7-14(12-13)17(21)20-16-9-4-2-1-3-8-15(16)18(22)23/h5-7,12,15-16H,1-4,8-10H2,(H,20,21)(H,22,23). The minimum absolute atomic E-state index is 0.252. The van der Waals surface area contributed by atoms with Gasteiger partial charge in [0, 0.05) is 11.6 Å². The van der Waals surface area contributed by atoms with Crippen LogP contribution in [0.3, 0.4) is 0 Å². The average molecular weight is 314 g/mol. The summed E-state index contributed by atoms with van der Waals surface area (Å²) in [6.07, 6.45) is 5.51. The fraction of sp³-hybridized carbons (Fsp3) is 0.500. The van der Waals surface area contributed by atoms with Crippen molar-refractivity contribution >= 4 is 11.9 Å². The first kappa shape index (κ1) is 17.0. The van der Waals surface area contributed by atoms with E-state index < -0.39 is 11.9 Å². The quantitative estimate of drug-likeness (QED) is 0.894. The third-order valence-electron chi connectivity index (χ3n) is 4.37. The zero-order valence-corrected chi connectivity index (χ0v) is 13.1. The summed E-state index contributed by atoms with van der Waals surface area (Å²) >= 11 is 0. The molecule has 1 saturated carbocycles. The fourth-order valence-corrected chi connectivity index (χ4v) is 3.12. The molecule has 0 heterocycles. The minimum atomic E-state index is -0.838. The molecular formula is C18H22N2O3. The lowest BCUT2D eigenvalue weighted by molar-refractivity contribution is -0.143. The predicted octanol–water partition coefficient (Wildman–Crippen LogP) is 2.91. The van der Waals surface area contributed by atoms with Gasteiger partial charge in [0.15, 0.2) is 0 Å². The number of rotatable bonds is 4. The summed E-state index contributed by atoms with van der Waals surface area (Å²) in [5.41, 5.74) is 1.26. The van der Waals surface area contributed by atoms with E-state index >= 15 is 0 Å². The molecule has 23 heavy (non-hydrogen) atoms. The van der Waals surface area contributed by atoms with Crippen LogP contribution in [0.4, 0.5) is 0 Å². The normalized spacial score (nSPS) is 21.5. The van der Waals surface area contributed by atoms with E-state index in [1.54, 1.807) is 24.3 Å². The zero-order valence-electron chi connectivity index (χ0n) is 13.1. The number of nitrogens with one attached hydrogen (secondary N) is 1. The number of aliphatic carboxylic acids is 1. The summed E-state index contributed by atoms with van der Waals surface area (Å²) in [5.74, 6) is -1.63. The van der Waals surface area contributed by atoms with Crippen molar-refractivity contribution in [2.45, 2.75) is 51.0 Å². The first-order valence-electron chi connectivity index (χ1n) is 8.11. The van der Waals surface area contributed by atoms with E-state index in [0.717, 1.165) is 31.2 Å². The molecule has 1 amide bonds. The molecule has 2 unspecified atom stereocenters. The second-order valence-corrected chi connectivity index (χ2v) is 6.05. The number of hydrogen-bond donors (Lipinski definition) is 2. The molecular weight excluding hydrogens is 292 g/mol. The van der Waals surface area contributed by atoms with Crippen molar-refractivity contribution in [3.63, 3.8) is 0 Å². The smallest absolute Gasteiger partial charge is 0.308 e. The van der Waals surface area contributed by atoms with E-state index in [-0.39, 0.29) is 18.4 Å². The second-order valence-electron chi connectivity index (χ2n) is 6.05. The van der Waals surface area contributed by atoms with Gasteiger partial charge in [0.1, 0.15) is 0 Å². The molecule has 2 atom stereocenters. The highest BCUT2D eigenvalue weighted by molar-refractivity contribution is 5.94. The van der Waals surface area contributed by atoms with Gasteiger partial charge in [-0.2, -0.15) is 5.26 Å². The summed E-state index contributed by atoms with van der Waals surface area (Å²) in [6.45, 7) is 0. The third kappa shape index (κ3) is 4.82. The van der Waals surface area contributed by atoms with Gasteiger partial charge in [0.05, 0.1) is 18.4 Å². The van der Waals surface area contributed by atoms with E-state index in [2.05, 4.69) is 11.4 Å². The van der Waals surface area contributed by atoms with Gasteiger partial charge in [-0.1, -0.05) is 37.8 Å². The molecule has 0 saturated heterocycles. The molecule has 0 spiro atoms. The van der Waals surface area contributed by atoms with Crippen LogP contribution in [0.1, 0.15) is 54.4 Å². The molecule has 122 valence electrons. The van der Waals surface area contributed by atoms with Crippen LogP contribution in [0.5, 0.6) is 0 Å². The Kier molecular flexibility index (Phi) is 6.16. The van der Waals surface area contributed by atoms with Crippen molar-refractivity contribution in [1.82, 2.24) is 5.32 Å². The first-order chi connectivity index (χ1) is 11.1. The highest BCUT2D eigenvalue weighted by Gasteiger charge is 2.30. The number of amides is 1. The van der Waals surface area contributed by atoms with Crippen LogP contribution < -0.4 is 5.32 Å². The van der Waals surface area contributed by atoms with Crippen LogP contribution in [0.2, 0.25) is 0 Å². The maximum atomic E-state index is 12.4. The van der Waals surface area contributed by atoms with Gasteiger partial charge in [-0.3, -0.25) is 9.59 Å². The van der Waals surface area contributed by atoms with Crippen LogP contribution in [-0.4, -0.2) is 23.0 Å². The van der Waals surface area contributed by atoms with Gasteiger partial charge in [-0.15, -0.1) is 0 Å². The van der Waals surface area contributed by atoms with Crippen molar-refractivity contribution in [3.8, 4) is 6.07 Å². The number of nitrogens with zero attached hydrogens (tertiary/aromatic N) is 1. The lowest BCUT2D eigenvalue weighted by atomic mass is 9.86. The highest BCUT2D eigenvalue weighted by Crippen LogP contribution is 2.23. The van der Waals surface area contributed by atoms with Crippen LogP contribution in [0.15, 0.2) is 24.3 Å². The van der Waals surface area contributed by atoms with Gasteiger partial charge < -0.3 is 10.4 Å². The van der Waals surface area contributed by atoms with Crippen molar-refractivity contribution in [2.24, 2.45) is 5.92 Å². The summed E-state index contributed by atoms with van der Waals surface area (Å²) < 4.78 is 0. The molecule has 1 fully saturated rings. The SMILES string of the molecule is N#CCc1cccc(C(=O)NC2CCCCCCC2C(=O)O)c1. The van der Waals surface area contributed by atoms with Crippen molar-refractivity contribution < 1.29 is 14.7 Å². The summed E-state index contributed by atoms with van der Waals surface area (Å²) in [5, 5.41) is 21.1. The van der Waals surface area contributed by atoms with Gasteiger partial charge in [0.25, 0.3) is 5.91 Å². The molecule has 0 aliphatic heterocycles. The topological polar surface area (TPSA) is 90.2 Å². The zero-order chi connectivity index (χ0) is 16.7. The maximum absolute atomic E-state index is 12.4. The molecule has 1 aliphatic rings. The maximum Gasteiger partial charge on any atom is 0.308 e. The second kappa shape index (κ2) is 8.33. The number of carbonyl (C=O) groups is 2. The summed E-state index contributed by atoms with van der Waals surface area (Å²) in [6, 6.07) is 8.65. The number of hydrogen-bond acceptors (Lipinski definition) is 3. The summed E-state index contributed by atoms with van der Waals surface area (Å²) in [7, 11) is 0. The largest absolute Gasteiger partial charge is 0.481 e. The third-order valence-corrected chi connectivity index (χ3v) is 4.37. The molecule has 1 aliphatic carbocycles. The van der Waals surface area contributed by atoms with Crippen molar-refractivity contribution in [2.75, 3.05) is 0 Å². The van der Waals surface area contributed by atoms with E-state index in [9.17, 15) is 14.7 Å². The summed E-state index contributed by atoms with van der Waals surface area (Å²) in [4.78, 5) is 23.9. The van der Waals surface area contributed by atoms with Gasteiger partial charge >= 0.3 is 5.97 Å². The monoisotopic (exact) mass is 314 g/mol. The fourth-order valence-electron chi connectivity index (χ4n) is 3.12. The van der Waals surface area contributed by atoms with Crippen LogP contribution in [-0.2, 0) is 11.2 Å². The van der Waals surface area contributed by atoms with Crippen molar-refractivity contribution in [1.29, 1.82) is 5.26 Å². The Morgan fingerprint density at radius 2 is 1.96 bits per heavy atom. The Balaban J connectivity index is 2.10. The molecule has 0 radical (unpaired) electrons. The molecule has 1 aromatic carbocycles. The van der Waals surface area contributed by atoms with Gasteiger partial charge in [0.2, 0.25) is 0 Å². The average Bonchev–Trinajstić information content (AvgIpc) is 2.50. The minimum Gasteiger partial charge on any atom is -0.481 e. The molecule has 5 nitrogen and oxygen atoms in total. The molecule has 2 rings (SSSR count). The molecule has 5 heteroatoms. The predicted molar refractivity (Wildman–Crippen MR) is 85.8 cm³/mol. The Labute approximate surface area is 136 Å². The Morgan fingerprint density at radius 1 is 1.22 bits per heavy atom. The number of nitriles is 1. The van der Waals surface area contributed by atoms with Crippen LogP contribution >= 0.6 is 0 Å². The molecule has 0 aromatic heterocycles. The lowest BCUT2D eigenvalue weighted by Crippen LogP contribution is -2.43. The van der Waals surface area contributed by atoms with Crippen LogP contribution in [0.25, 0.3) is 0 Å². The highest BCUT2D eigenvalue weighted by atomic mass is 16.4. The Morgan fingerprint density at radius 3 is 2.65 bits per heavy atom. The Hall–Kier alpha value is -2.35. The molecule has 2 N–H and O–H groups in total.